The summed E-state index contributed by atoms with van der Waals surface area (Å²) in [7, 11) is -5.36. The number of sulfone groups is 2. The normalized spacial score (nSPS) is 19.8. The van der Waals surface area contributed by atoms with Gasteiger partial charge in [-0.1, -0.05) is 11.6 Å². The van der Waals surface area contributed by atoms with Crippen LogP contribution >= 0.6 is 11.6 Å². The molecule has 1 saturated heterocycles. The number of carbonyl (C=O) groups excluding carboxylic acids is 1. The molecule has 10 heteroatoms. The van der Waals surface area contributed by atoms with Gasteiger partial charge in [0.05, 0.1) is 34.3 Å². The molecule has 0 bridgehead atoms. The zero-order valence-corrected chi connectivity index (χ0v) is 15.4. The van der Waals surface area contributed by atoms with Crippen molar-refractivity contribution >= 4 is 37.2 Å². The van der Waals surface area contributed by atoms with Gasteiger partial charge in [-0.25, -0.2) is 16.8 Å². The number of amides is 1. The molecule has 24 heavy (non-hydrogen) atoms. The van der Waals surface area contributed by atoms with E-state index in [1.165, 1.54) is 25.3 Å². The average Bonchev–Trinajstić information content (AvgIpc) is 2.84. The summed E-state index contributed by atoms with van der Waals surface area (Å²) in [6.45, 7) is 0. The molecular formula is C14H18ClNO6S2. The second-order valence-electron chi connectivity index (χ2n) is 5.53. The fourth-order valence-corrected chi connectivity index (χ4v) is 5.65. The summed E-state index contributed by atoms with van der Waals surface area (Å²) in [5.41, 5.74) is 0. The van der Waals surface area contributed by atoms with Crippen molar-refractivity contribution in [1.29, 1.82) is 0 Å². The van der Waals surface area contributed by atoms with Crippen LogP contribution in [-0.4, -0.2) is 53.2 Å². The minimum absolute atomic E-state index is 0.00421. The van der Waals surface area contributed by atoms with Gasteiger partial charge in [0, 0.05) is 12.5 Å². The Hall–Kier alpha value is -1.32. The van der Waals surface area contributed by atoms with Crippen molar-refractivity contribution in [3.8, 4) is 5.75 Å². The van der Waals surface area contributed by atoms with E-state index in [9.17, 15) is 21.6 Å². The lowest BCUT2D eigenvalue weighted by Gasteiger charge is -2.11. The highest BCUT2D eigenvalue weighted by atomic mass is 35.5. The Morgan fingerprint density at radius 1 is 1.42 bits per heavy atom. The Morgan fingerprint density at radius 3 is 2.67 bits per heavy atom. The van der Waals surface area contributed by atoms with Gasteiger partial charge in [0.2, 0.25) is 5.91 Å². The van der Waals surface area contributed by atoms with Gasteiger partial charge in [0.15, 0.2) is 19.7 Å². The Morgan fingerprint density at radius 2 is 2.12 bits per heavy atom. The molecule has 134 valence electrons. The molecule has 2 rings (SSSR count). The quantitative estimate of drug-likeness (QED) is 0.764. The first kappa shape index (κ1) is 19.0. The SMILES string of the molecule is COc1ccc(S(=O)(=O)CCC(=O)NC2CCS(=O)(=O)C2)cc1Cl. The molecule has 1 aliphatic rings. The molecule has 0 aromatic heterocycles. The number of nitrogens with one attached hydrogen (secondary N) is 1. The Balaban J connectivity index is 1.95. The van der Waals surface area contributed by atoms with E-state index in [0.29, 0.717) is 12.2 Å². The number of halogens is 1. The van der Waals surface area contributed by atoms with Crippen molar-refractivity contribution in [2.75, 3.05) is 24.4 Å². The van der Waals surface area contributed by atoms with Gasteiger partial charge in [-0.05, 0) is 24.6 Å². The van der Waals surface area contributed by atoms with E-state index in [1.807, 2.05) is 0 Å². The van der Waals surface area contributed by atoms with E-state index in [-0.39, 0.29) is 33.6 Å². The summed E-state index contributed by atoms with van der Waals surface area (Å²) < 4.78 is 52.1. The summed E-state index contributed by atoms with van der Waals surface area (Å²) in [5.74, 6) is -0.572. The van der Waals surface area contributed by atoms with Crippen molar-refractivity contribution in [2.45, 2.75) is 23.8 Å². The van der Waals surface area contributed by atoms with Crippen LogP contribution in [0.1, 0.15) is 12.8 Å². The molecule has 0 aliphatic carbocycles. The number of carbonyl (C=O) groups is 1. The van der Waals surface area contributed by atoms with E-state index in [4.69, 9.17) is 16.3 Å². The van der Waals surface area contributed by atoms with Crippen LogP contribution < -0.4 is 10.1 Å². The molecule has 1 amide bonds. The third-order valence-electron chi connectivity index (χ3n) is 3.68. The summed E-state index contributed by atoms with van der Waals surface area (Å²) >= 11 is 5.91. The van der Waals surface area contributed by atoms with Crippen LogP contribution in [0.2, 0.25) is 5.02 Å². The van der Waals surface area contributed by atoms with Crippen molar-refractivity contribution in [2.24, 2.45) is 0 Å². The van der Waals surface area contributed by atoms with E-state index < -0.39 is 31.6 Å². The van der Waals surface area contributed by atoms with E-state index in [0.717, 1.165) is 0 Å². The first-order valence-electron chi connectivity index (χ1n) is 7.19. The van der Waals surface area contributed by atoms with Crippen LogP contribution in [0.25, 0.3) is 0 Å². The molecule has 1 fully saturated rings. The number of hydrogen-bond donors (Lipinski definition) is 1. The summed E-state index contributed by atoms with van der Waals surface area (Å²) in [5, 5.41) is 2.73. The van der Waals surface area contributed by atoms with E-state index in [1.54, 1.807) is 0 Å². The Bertz CT molecular complexity index is 835. The molecule has 1 unspecified atom stereocenters. The highest BCUT2D eigenvalue weighted by Gasteiger charge is 2.29. The molecule has 0 radical (unpaired) electrons. The number of methoxy groups -OCH3 is 1. The van der Waals surface area contributed by atoms with Gasteiger partial charge in [-0.2, -0.15) is 0 Å². The predicted molar refractivity (Wildman–Crippen MR) is 89.9 cm³/mol. The maximum atomic E-state index is 12.3. The number of benzene rings is 1. The second-order valence-corrected chi connectivity index (χ2v) is 10.3. The largest absolute Gasteiger partial charge is 0.495 e. The lowest BCUT2D eigenvalue weighted by atomic mass is 10.2. The first-order valence-corrected chi connectivity index (χ1v) is 11.0. The lowest BCUT2D eigenvalue weighted by molar-refractivity contribution is -0.121. The summed E-state index contributed by atoms with van der Waals surface area (Å²) in [6, 6.07) is 3.64. The standard InChI is InChI=1S/C14H18ClNO6S2/c1-22-13-3-2-11(8-12(13)15)24(20,21)7-5-14(17)16-10-4-6-23(18,19)9-10/h2-3,8,10H,4-7,9H2,1H3,(H,16,17). The summed E-state index contributed by atoms with van der Waals surface area (Å²) in [6.07, 6.45) is 0.109. The minimum atomic E-state index is -3.68. The van der Waals surface area contributed by atoms with Crippen molar-refractivity contribution in [1.82, 2.24) is 5.32 Å². The second kappa shape index (κ2) is 7.28. The molecule has 1 N–H and O–H groups in total. The molecule has 1 aromatic rings. The molecule has 0 spiro atoms. The van der Waals surface area contributed by atoms with Crippen LogP contribution in [-0.2, 0) is 24.5 Å². The predicted octanol–water partition coefficient (Wildman–Crippen LogP) is 0.816. The highest BCUT2D eigenvalue weighted by molar-refractivity contribution is 7.91. The molecular weight excluding hydrogens is 378 g/mol. The molecule has 1 heterocycles. The van der Waals surface area contributed by atoms with Gasteiger partial charge in [0.1, 0.15) is 5.75 Å². The Kier molecular flexibility index (Phi) is 5.77. The zero-order valence-electron chi connectivity index (χ0n) is 13.0. The van der Waals surface area contributed by atoms with E-state index in [2.05, 4.69) is 5.32 Å². The van der Waals surface area contributed by atoms with Gasteiger partial charge in [-0.15, -0.1) is 0 Å². The smallest absolute Gasteiger partial charge is 0.221 e. The number of ether oxygens (including phenoxy) is 1. The molecule has 1 aromatic carbocycles. The number of hydrogen-bond acceptors (Lipinski definition) is 6. The van der Waals surface area contributed by atoms with Crippen LogP contribution in [0.5, 0.6) is 5.75 Å². The van der Waals surface area contributed by atoms with Gasteiger partial charge < -0.3 is 10.1 Å². The minimum Gasteiger partial charge on any atom is -0.495 e. The topological polar surface area (TPSA) is 107 Å². The maximum Gasteiger partial charge on any atom is 0.221 e. The van der Waals surface area contributed by atoms with E-state index >= 15 is 0 Å². The zero-order chi connectivity index (χ0) is 18.0. The van der Waals surface area contributed by atoms with Gasteiger partial charge >= 0.3 is 0 Å². The van der Waals surface area contributed by atoms with Gasteiger partial charge in [0.25, 0.3) is 0 Å². The maximum absolute atomic E-state index is 12.3. The van der Waals surface area contributed by atoms with Crippen molar-refractivity contribution in [3.05, 3.63) is 23.2 Å². The lowest BCUT2D eigenvalue weighted by Crippen LogP contribution is -2.36. The Labute approximate surface area is 146 Å². The molecule has 1 aliphatic heterocycles. The van der Waals surface area contributed by atoms with Crippen LogP contribution in [0.4, 0.5) is 0 Å². The monoisotopic (exact) mass is 395 g/mol. The molecule has 7 nitrogen and oxygen atoms in total. The molecule has 1 atom stereocenters. The summed E-state index contributed by atoms with van der Waals surface area (Å²) in [4.78, 5) is 11.8. The van der Waals surface area contributed by atoms with Crippen molar-refractivity contribution in [3.63, 3.8) is 0 Å². The average molecular weight is 396 g/mol. The number of rotatable bonds is 6. The van der Waals surface area contributed by atoms with Gasteiger partial charge in [-0.3, -0.25) is 4.79 Å². The fourth-order valence-electron chi connectivity index (χ4n) is 2.39. The third-order valence-corrected chi connectivity index (χ3v) is 7.45. The third kappa shape index (κ3) is 4.84. The van der Waals surface area contributed by atoms with Crippen LogP contribution in [0.15, 0.2) is 23.1 Å². The fraction of sp³-hybridized carbons (Fsp3) is 0.500. The van der Waals surface area contributed by atoms with Crippen LogP contribution in [0.3, 0.4) is 0 Å². The molecule has 0 saturated carbocycles. The van der Waals surface area contributed by atoms with Crippen molar-refractivity contribution < 1.29 is 26.4 Å². The first-order chi connectivity index (χ1) is 11.1. The van der Waals surface area contributed by atoms with Crippen LogP contribution in [0, 0.1) is 0 Å². The highest BCUT2D eigenvalue weighted by Crippen LogP contribution is 2.27.